The van der Waals surface area contributed by atoms with E-state index in [1.54, 1.807) is 0 Å². The van der Waals surface area contributed by atoms with Crippen LogP contribution in [0.25, 0.3) is 0 Å². The van der Waals surface area contributed by atoms with Crippen molar-refractivity contribution >= 4 is 33.2 Å². The predicted octanol–water partition coefficient (Wildman–Crippen LogP) is 3.63. The normalized spacial score (nSPS) is 8.00. The molecular weight excluding hydrogens is 353 g/mol. The van der Waals surface area contributed by atoms with Crippen molar-refractivity contribution in [1.29, 1.82) is 0 Å². The summed E-state index contributed by atoms with van der Waals surface area (Å²) in [5.74, 6) is -0.186. The third kappa shape index (κ3) is 24.6. The molecule has 0 N–H and O–H groups in total. The van der Waals surface area contributed by atoms with Gasteiger partial charge in [0.1, 0.15) is 0 Å². The van der Waals surface area contributed by atoms with Crippen molar-refractivity contribution in [3.05, 3.63) is 6.92 Å². The maximum atomic E-state index is 10.2. The molecule has 0 aliphatic carbocycles. The molecule has 0 saturated heterocycles. The van der Waals surface area contributed by atoms with Crippen molar-refractivity contribution in [1.82, 2.24) is 0 Å². The Morgan fingerprint density at radius 2 is 1.92 bits per heavy atom. The molecule has 1 radical (unpaired) electrons. The van der Waals surface area contributed by atoms with E-state index >= 15 is 0 Å². The van der Waals surface area contributed by atoms with Gasteiger partial charge in [0.15, 0.2) is 0 Å². The van der Waals surface area contributed by atoms with Gasteiger partial charge in [-0.25, -0.2) is 0 Å². The first-order chi connectivity index (χ1) is 6.18. The number of esters is 1. The van der Waals surface area contributed by atoms with Crippen molar-refractivity contribution in [2.45, 2.75) is 32.6 Å². The summed E-state index contributed by atoms with van der Waals surface area (Å²) in [4.78, 5) is 10.2. The summed E-state index contributed by atoms with van der Waals surface area (Å²) >= 11 is 6.25. The molecule has 2 nitrogen and oxygen atoms in total. The summed E-state index contributed by atoms with van der Waals surface area (Å²) in [6, 6.07) is 0. The van der Waals surface area contributed by atoms with E-state index in [4.69, 9.17) is 4.74 Å². The molecule has 75 valence electrons. The number of halogens is 2. The predicted molar refractivity (Wildman–Crippen MR) is 58.3 cm³/mol. The van der Waals surface area contributed by atoms with Gasteiger partial charge in [-0.15, -0.1) is 0 Å². The zero-order valence-electron chi connectivity index (χ0n) is 8.02. The van der Waals surface area contributed by atoms with E-state index in [1.807, 2.05) is 0 Å². The first-order valence-corrected chi connectivity index (χ1v) is 18.1. The number of rotatable bonds is 5. The van der Waals surface area contributed by atoms with Crippen LogP contribution in [0.3, 0.4) is 0 Å². The third-order valence-corrected chi connectivity index (χ3v) is 1.20. The Bertz CT molecular complexity index is 112. The number of ether oxygens (including phenoxy) is 1. The van der Waals surface area contributed by atoms with Crippen molar-refractivity contribution in [3.63, 3.8) is 0 Å². The Morgan fingerprint density at radius 1 is 1.38 bits per heavy atom. The van der Waals surface area contributed by atoms with Gasteiger partial charge in [-0.2, -0.15) is 0 Å². The Labute approximate surface area is 101 Å². The molecule has 0 unspecified atom stereocenters. The quantitative estimate of drug-likeness (QED) is 0.421. The van der Waals surface area contributed by atoms with Gasteiger partial charge >= 0.3 is 46.4 Å². The maximum absolute atomic E-state index is 10.2. The third-order valence-electron chi connectivity index (χ3n) is 1.20. The van der Waals surface area contributed by atoms with Crippen LogP contribution in [0.2, 0.25) is 0 Å². The van der Waals surface area contributed by atoms with Crippen LogP contribution in [-0.2, 0) is 22.7 Å². The summed E-state index contributed by atoms with van der Waals surface area (Å²) in [5, 5.41) is 0. The number of carbonyl (C=O) groups is 1. The van der Waals surface area contributed by atoms with Crippen LogP contribution >= 0.6 is 27.2 Å². The van der Waals surface area contributed by atoms with Crippen molar-refractivity contribution in [2.75, 3.05) is 6.61 Å². The van der Waals surface area contributed by atoms with E-state index in [1.165, 1.54) is 6.92 Å². The molecule has 0 aliphatic rings. The fourth-order valence-electron chi connectivity index (χ4n) is 0.672. The Morgan fingerprint density at radius 3 is 2.31 bits per heavy atom. The molecule has 0 amide bonds. The molecule has 0 spiro atoms. The summed E-state index contributed by atoms with van der Waals surface area (Å²) in [6.07, 6.45) is 4.17. The average molecular weight is 368 g/mol. The standard InChI is InChI=1S/C8H15O2.2BrH.Zn/c1-3-4-5-6-7-10-8(2)9;;;/h1,3-7H2,2H3;2*1H;/q;;;+2/p-2. The molecule has 0 saturated carbocycles. The molecule has 0 aromatic rings. The largest absolute Gasteiger partial charge is 0.466 e. The molecule has 0 heterocycles. The first kappa shape index (κ1) is 16.5. The average Bonchev–Trinajstić information content (AvgIpc) is 2.05. The van der Waals surface area contributed by atoms with Gasteiger partial charge in [0.2, 0.25) is 0 Å². The van der Waals surface area contributed by atoms with Crippen molar-refractivity contribution in [3.8, 4) is 0 Å². The van der Waals surface area contributed by atoms with Crippen LogP contribution in [-0.4, -0.2) is 12.6 Å². The van der Waals surface area contributed by atoms with E-state index < -0.39 is 0 Å². The minimum atomic E-state index is -0.250. The number of carbonyl (C=O) groups excluding carboxylic acids is 1. The van der Waals surface area contributed by atoms with Crippen LogP contribution < -0.4 is 0 Å². The molecule has 0 aromatic carbocycles. The molecule has 0 fully saturated rings. The molecule has 0 rings (SSSR count). The maximum Gasteiger partial charge on any atom is 0.302 e. The fraction of sp³-hybridized carbons (Fsp3) is 0.750. The number of unbranched alkanes of at least 4 members (excludes halogenated alkanes) is 3. The number of hydrogen-bond acceptors (Lipinski definition) is 2. The molecule has 5 heteroatoms. The van der Waals surface area contributed by atoms with E-state index in [2.05, 4.69) is 34.2 Å². The molecule has 0 atom stereocenters. The fourth-order valence-corrected chi connectivity index (χ4v) is 0.672. The van der Waals surface area contributed by atoms with E-state index in [9.17, 15) is 4.79 Å². The summed E-state index contributed by atoms with van der Waals surface area (Å²) in [7, 11) is 0. The second-order valence-corrected chi connectivity index (χ2v) is 16.4. The Balaban J connectivity index is 0. The van der Waals surface area contributed by atoms with Crippen LogP contribution in [0, 0.1) is 6.92 Å². The van der Waals surface area contributed by atoms with Crippen LogP contribution in [0.1, 0.15) is 32.6 Å². The Kier molecular flexibility index (Phi) is 19.7. The van der Waals surface area contributed by atoms with E-state index in [-0.39, 0.29) is 19.2 Å². The molecule has 0 aliphatic heterocycles. The van der Waals surface area contributed by atoms with Crippen LogP contribution in [0.15, 0.2) is 0 Å². The topological polar surface area (TPSA) is 26.3 Å². The van der Waals surface area contributed by atoms with E-state index in [0.29, 0.717) is 6.61 Å². The second kappa shape index (κ2) is 15.5. The zero-order chi connectivity index (χ0) is 10.5. The minimum Gasteiger partial charge on any atom is -0.466 e. The zero-order valence-corrected chi connectivity index (χ0v) is 14.2. The monoisotopic (exact) mass is 365 g/mol. The van der Waals surface area contributed by atoms with Gasteiger partial charge in [0.25, 0.3) is 0 Å². The van der Waals surface area contributed by atoms with Gasteiger partial charge in [-0.1, -0.05) is 26.2 Å². The molecule has 13 heavy (non-hydrogen) atoms. The minimum absolute atomic E-state index is 0.186. The summed E-state index contributed by atoms with van der Waals surface area (Å²) in [6.45, 7) is 5.71. The van der Waals surface area contributed by atoms with Gasteiger partial charge in [-0.05, 0) is 6.42 Å². The SMILES string of the molecule is [Br][Zn][Br].[CH2]CCCCCOC(C)=O. The summed E-state index contributed by atoms with van der Waals surface area (Å²) < 4.78 is 4.73. The van der Waals surface area contributed by atoms with Gasteiger partial charge in [0.05, 0.1) is 6.61 Å². The van der Waals surface area contributed by atoms with Crippen LogP contribution in [0.5, 0.6) is 0 Å². The van der Waals surface area contributed by atoms with Gasteiger partial charge < -0.3 is 4.74 Å². The van der Waals surface area contributed by atoms with Gasteiger partial charge in [-0.3, -0.25) is 4.79 Å². The van der Waals surface area contributed by atoms with Crippen molar-refractivity contribution < 1.29 is 22.7 Å². The summed E-state index contributed by atoms with van der Waals surface area (Å²) in [5.41, 5.74) is 0. The molecule has 0 aromatic heterocycles. The Hall–Kier alpha value is 1.05. The smallest absolute Gasteiger partial charge is 0.302 e. The molecular formula is C8H15Br2O2Zn. The van der Waals surface area contributed by atoms with E-state index in [0.717, 1.165) is 25.7 Å². The first-order valence-electron chi connectivity index (χ1n) is 4.23. The molecule has 0 bridgehead atoms. The second-order valence-electron chi connectivity index (χ2n) is 2.36. The van der Waals surface area contributed by atoms with Gasteiger partial charge in [0, 0.05) is 6.92 Å². The van der Waals surface area contributed by atoms with Crippen LogP contribution in [0.4, 0.5) is 0 Å². The number of hydrogen-bond donors (Lipinski definition) is 0. The van der Waals surface area contributed by atoms with Crippen molar-refractivity contribution in [2.24, 2.45) is 0 Å².